The first-order valence-corrected chi connectivity index (χ1v) is 33.3. The molecule has 0 aromatic carbocycles. The van der Waals surface area contributed by atoms with Gasteiger partial charge >= 0.3 is 62.0 Å². The Balaban J connectivity index is 0.000000348. The minimum Gasteiger partial charge on any atom is -0.418 e. The predicted octanol–water partition coefficient (Wildman–Crippen LogP) is 15.9. The first-order valence-electron chi connectivity index (χ1n) is 33.3. The molecule has 0 bridgehead atoms. The summed E-state index contributed by atoms with van der Waals surface area (Å²) < 4.78 is 180. The number of hydrogen-bond donors (Lipinski definition) is 0. The van der Waals surface area contributed by atoms with E-state index in [1.165, 1.54) is 0 Å². The molecule has 0 unspecified atom stereocenters. The number of aryl methyl sites for hydroxylation is 24. The molecule has 608 valence electrons. The minimum absolute atomic E-state index is 0. The Morgan fingerprint density at radius 3 is 0.255 bits per heavy atom. The molecular formula is C64H88B4F16N24Ni2. The zero-order valence-electron chi connectivity index (χ0n) is 65.0. The van der Waals surface area contributed by atoms with Gasteiger partial charge in [0.05, 0.1) is 68.3 Å². The van der Waals surface area contributed by atoms with Gasteiger partial charge in [-0.15, -0.1) is 0 Å². The van der Waals surface area contributed by atoms with Crippen molar-refractivity contribution in [2.45, 2.75) is 191 Å². The van der Waals surface area contributed by atoms with Crippen LogP contribution in [-0.2, 0) is 33.0 Å². The van der Waals surface area contributed by atoms with E-state index < -0.39 is 29.0 Å². The number of rotatable bonds is 12. The summed E-state index contributed by atoms with van der Waals surface area (Å²) in [6.45, 7) is 48.8. The van der Waals surface area contributed by atoms with Crippen LogP contribution in [0.3, 0.4) is 0 Å². The second kappa shape index (κ2) is 38.5. The number of nitrogens with zero attached hydrogens (tertiary/aromatic N) is 24. The van der Waals surface area contributed by atoms with Gasteiger partial charge in [0.1, 0.15) is 0 Å². The topological polar surface area (TPSA) is 214 Å². The standard InChI is InChI=1S/4C16H22N6.4BF4.2Ni/c4*1-10-7-13(4)20(17-10)16(21-14(5)8-11(2)18-21)22-15(6)9-12(3)19-22;4*2-1(3,4)5;;/h4*7-9,16H,1-6H3;;;;;;/q;;;;4*-1;2*+2. The summed E-state index contributed by atoms with van der Waals surface area (Å²) in [5.74, 6) is 0. The third-order valence-electron chi connectivity index (χ3n) is 15.2. The van der Waals surface area contributed by atoms with Crippen molar-refractivity contribution >= 4 is 29.0 Å². The van der Waals surface area contributed by atoms with Crippen molar-refractivity contribution in [3.05, 3.63) is 209 Å². The zero-order valence-corrected chi connectivity index (χ0v) is 66.9. The van der Waals surface area contributed by atoms with Crippen LogP contribution in [0, 0.1) is 166 Å². The third-order valence-corrected chi connectivity index (χ3v) is 15.2. The number of aromatic nitrogens is 24. The van der Waals surface area contributed by atoms with Crippen LogP contribution in [-0.4, -0.2) is 146 Å². The van der Waals surface area contributed by atoms with E-state index in [1.807, 2.05) is 139 Å². The average Bonchev–Trinajstić information content (AvgIpc) is 1.65. The molecular weight excluding hydrogens is 1570 g/mol. The molecule has 12 rings (SSSR count). The second-order valence-electron chi connectivity index (χ2n) is 25.8. The average molecular weight is 1660 g/mol. The van der Waals surface area contributed by atoms with Crippen LogP contribution in [0.15, 0.2) is 72.8 Å². The molecule has 110 heavy (non-hydrogen) atoms. The van der Waals surface area contributed by atoms with Crippen molar-refractivity contribution in [1.29, 1.82) is 0 Å². The molecule has 0 radical (unpaired) electrons. The molecule has 0 aliphatic carbocycles. The van der Waals surface area contributed by atoms with Crippen LogP contribution in [0.2, 0.25) is 0 Å². The number of hydrogen-bond acceptors (Lipinski definition) is 12. The number of halogens is 16. The molecule has 0 aliphatic heterocycles. The predicted molar refractivity (Wildman–Crippen MR) is 380 cm³/mol. The van der Waals surface area contributed by atoms with E-state index in [-0.39, 0.29) is 58.1 Å². The van der Waals surface area contributed by atoms with E-state index in [1.54, 1.807) is 0 Å². The Morgan fingerprint density at radius 2 is 0.218 bits per heavy atom. The van der Waals surface area contributed by atoms with Crippen LogP contribution in [0.4, 0.5) is 69.1 Å². The minimum atomic E-state index is -6.00. The van der Waals surface area contributed by atoms with Gasteiger partial charge in [-0.1, -0.05) is 0 Å². The molecule has 0 amide bonds. The van der Waals surface area contributed by atoms with Gasteiger partial charge in [-0.2, -0.15) is 61.2 Å². The van der Waals surface area contributed by atoms with Crippen LogP contribution in [0.25, 0.3) is 0 Å². The largest absolute Gasteiger partial charge is 2.00 e. The van der Waals surface area contributed by atoms with Gasteiger partial charge in [0, 0.05) is 68.3 Å². The van der Waals surface area contributed by atoms with Crippen molar-refractivity contribution in [1.82, 2.24) is 117 Å². The molecule has 24 nitrogen and oxygen atoms in total. The van der Waals surface area contributed by atoms with E-state index in [0.29, 0.717) is 0 Å². The molecule has 0 spiro atoms. The van der Waals surface area contributed by atoms with E-state index in [9.17, 15) is 69.1 Å². The van der Waals surface area contributed by atoms with Gasteiger partial charge in [0.15, 0.2) is 0 Å². The molecule has 0 saturated heterocycles. The maximum Gasteiger partial charge on any atom is 2.00 e. The van der Waals surface area contributed by atoms with Gasteiger partial charge < -0.3 is 69.1 Å². The summed E-state index contributed by atoms with van der Waals surface area (Å²) in [5.41, 5.74) is 24.9. The van der Waals surface area contributed by atoms with Gasteiger partial charge in [-0.05, 0) is 239 Å². The maximum atomic E-state index is 9.75. The summed E-state index contributed by atoms with van der Waals surface area (Å²) in [5, 5.41) is 55.9. The molecule has 12 aromatic heterocycles. The van der Waals surface area contributed by atoms with Crippen molar-refractivity contribution in [2.24, 2.45) is 0 Å². The summed E-state index contributed by atoms with van der Waals surface area (Å²) >= 11 is 0. The van der Waals surface area contributed by atoms with Gasteiger partial charge in [-0.25, -0.2) is 56.2 Å². The zero-order chi connectivity index (χ0) is 82.1. The molecule has 0 fully saturated rings. The van der Waals surface area contributed by atoms with Crippen molar-refractivity contribution < 1.29 is 102 Å². The molecule has 12 heterocycles. The monoisotopic (exact) mass is 1660 g/mol. The van der Waals surface area contributed by atoms with Gasteiger partial charge in [-0.3, -0.25) is 0 Å². The third kappa shape index (κ3) is 28.2. The SMILES string of the molecule is Cc1cc(C)n(C(n2nc(C)cc2C)n2nc(C)cc2C)n1.Cc1cc(C)n(C(n2nc(C)cc2C)n2nc(C)cc2C)n1.Cc1cc(C)n(C(n2nc(C)cc2C)n2nc(C)cc2C)n1.Cc1cc(C)n(C(n2nc(C)cc2C)n2nc(C)cc2C)n1.F[B-](F)(F)F.F[B-](F)(F)F.F[B-](F)(F)F.F[B-](F)(F)F.[Ni+2].[Ni+2]. The molecule has 0 N–H and O–H groups in total. The molecule has 12 aromatic rings. The summed E-state index contributed by atoms with van der Waals surface area (Å²) in [6.07, 6.45) is -0.903. The fourth-order valence-electron chi connectivity index (χ4n) is 11.8. The van der Waals surface area contributed by atoms with Gasteiger partial charge in [0.25, 0.3) is 0 Å². The normalized spacial score (nSPS) is 11.5. The Morgan fingerprint density at radius 1 is 0.164 bits per heavy atom. The summed E-state index contributed by atoms with van der Waals surface area (Å²) in [7, 11) is -24.0. The van der Waals surface area contributed by atoms with Gasteiger partial charge in [0.2, 0.25) is 25.2 Å². The Labute approximate surface area is 646 Å². The van der Waals surface area contributed by atoms with E-state index in [0.717, 1.165) is 137 Å². The van der Waals surface area contributed by atoms with Crippen LogP contribution in [0.1, 0.15) is 162 Å². The van der Waals surface area contributed by atoms with E-state index >= 15 is 0 Å². The van der Waals surface area contributed by atoms with Crippen LogP contribution < -0.4 is 0 Å². The molecule has 0 aliphatic rings. The van der Waals surface area contributed by atoms with Crippen molar-refractivity contribution in [3.63, 3.8) is 0 Å². The van der Waals surface area contributed by atoms with Crippen LogP contribution >= 0.6 is 0 Å². The molecule has 0 saturated carbocycles. The fraction of sp³-hybridized carbons (Fsp3) is 0.438. The Bertz CT molecular complexity index is 3850. The summed E-state index contributed by atoms with van der Waals surface area (Å²) in [4.78, 5) is 0. The fourth-order valence-corrected chi connectivity index (χ4v) is 11.8. The van der Waals surface area contributed by atoms with E-state index in [2.05, 4.69) is 217 Å². The second-order valence-corrected chi connectivity index (χ2v) is 25.8. The summed E-state index contributed by atoms with van der Waals surface area (Å²) in [6, 6.07) is 24.9. The molecule has 0 atom stereocenters. The van der Waals surface area contributed by atoms with Crippen LogP contribution in [0.5, 0.6) is 0 Å². The first-order chi connectivity index (χ1) is 49.5. The smallest absolute Gasteiger partial charge is 0.418 e. The first kappa shape index (κ1) is 94.8. The Kier molecular flexibility index (Phi) is 33.2. The quantitative estimate of drug-likeness (QED) is 0.0825. The maximum absolute atomic E-state index is 9.75. The molecule has 46 heteroatoms. The van der Waals surface area contributed by atoms with Crippen molar-refractivity contribution in [2.75, 3.05) is 0 Å². The van der Waals surface area contributed by atoms with E-state index in [4.69, 9.17) is 0 Å². The Hall–Kier alpha value is -9.35. The van der Waals surface area contributed by atoms with Crippen molar-refractivity contribution in [3.8, 4) is 0 Å².